The predicted molar refractivity (Wildman–Crippen MR) is 99.9 cm³/mol. The van der Waals surface area contributed by atoms with Gasteiger partial charge in [0, 0.05) is 16.7 Å². The summed E-state index contributed by atoms with van der Waals surface area (Å²) in [6.45, 7) is 6.46. The Bertz CT molecular complexity index is 846. The van der Waals surface area contributed by atoms with Crippen molar-refractivity contribution in [3.63, 3.8) is 0 Å². The zero-order chi connectivity index (χ0) is 20.7. The van der Waals surface area contributed by atoms with Gasteiger partial charge in [-0.2, -0.15) is 0 Å². The van der Waals surface area contributed by atoms with Gasteiger partial charge in [0.25, 0.3) is 0 Å². The minimum Gasteiger partial charge on any atom is -0.390 e. The number of hydrogen-bond donors (Lipinski definition) is 3. The standard InChI is InChI=1S/C22H27FO5/c1-12-8-16-15-5-4-13-9-14(25)6-7-19(13,2)21(15,23)17(26)10-20(16,3)22(12,28)18(27)11-24/h6-7,9,15-17,24,26,28H,1,4-5,8,10-11H2,2-3H3/t15-,16-,17-,19-,20-,21?,22-/m0/s1. The van der Waals surface area contributed by atoms with Gasteiger partial charge in [-0.05, 0) is 56.3 Å². The number of Topliss-reactive ketones (excluding diaryl/α,β-unsaturated/α-hetero) is 1. The van der Waals surface area contributed by atoms with E-state index in [4.69, 9.17) is 0 Å². The summed E-state index contributed by atoms with van der Waals surface area (Å²) in [6.07, 6.45) is 4.01. The van der Waals surface area contributed by atoms with Crippen molar-refractivity contribution in [3.8, 4) is 0 Å². The van der Waals surface area contributed by atoms with E-state index in [1.54, 1.807) is 19.9 Å². The summed E-state index contributed by atoms with van der Waals surface area (Å²) in [6, 6.07) is 0. The van der Waals surface area contributed by atoms with E-state index in [9.17, 15) is 24.9 Å². The first-order chi connectivity index (χ1) is 13.0. The van der Waals surface area contributed by atoms with Crippen LogP contribution in [0.25, 0.3) is 0 Å². The number of rotatable bonds is 2. The van der Waals surface area contributed by atoms with Gasteiger partial charge in [-0.25, -0.2) is 4.39 Å². The minimum atomic E-state index is -2.02. The second-order valence-electron chi connectivity index (χ2n) is 9.36. The van der Waals surface area contributed by atoms with Gasteiger partial charge >= 0.3 is 0 Å². The quantitative estimate of drug-likeness (QED) is 0.625. The van der Waals surface area contributed by atoms with Gasteiger partial charge in [0.2, 0.25) is 0 Å². The molecule has 0 heterocycles. The summed E-state index contributed by atoms with van der Waals surface area (Å²) < 4.78 is 16.8. The Morgan fingerprint density at radius 1 is 1.36 bits per heavy atom. The van der Waals surface area contributed by atoms with Crippen molar-refractivity contribution in [1.29, 1.82) is 0 Å². The number of aliphatic hydroxyl groups is 3. The van der Waals surface area contributed by atoms with Crippen LogP contribution in [-0.2, 0) is 9.59 Å². The van der Waals surface area contributed by atoms with Crippen LogP contribution in [0.15, 0.2) is 36.0 Å². The van der Waals surface area contributed by atoms with E-state index in [-0.39, 0.29) is 24.2 Å². The SMILES string of the molecule is C=C1C[C@H]2[C@@H]3CCC4=CC(=O)C=C[C@]4(C)C3(F)[C@@H](O)C[C@]2(C)[C@@]1(O)C(=O)CO. The van der Waals surface area contributed by atoms with E-state index >= 15 is 4.39 Å². The van der Waals surface area contributed by atoms with Gasteiger partial charge in [-0.15, -0.1) is 0 Å². The van der Waals surface area contributed by atoms with Crippen LogP contribution in [-0.4, -0.2) is 50.9 Å². The third-order valence-corrected chi connectivity index (χ3v) is 8.38. The lowest BCUT2D eigenvalue weighted by atomic mass is 9.44. The number of halogens is 1. The number of allylic oxidation sites excluding steroid dienone is 4. The van der Waals surface area contributed by atoms with Gasteiger partial charge in [0.15, 0.2) is 22.8 Å². The number of carbonyl (C=O) groups excluding carboxylic acids is 2. The number of fused-ring (bicyclic) bond motifs is 5. The van der Waals surface area contributed by atoms with E-state index < -0.39 is 52.4 Å². The van der Waals surface area contributed by atoms with E-state index in [1.165, 1.54) is 12.2 Å². The fourth-order valence-corrected chi connectivity index (χ4v) is 6.80. The second kappa shape index (κ2) is 5.71. The second-order valence-corrected chi connectivity index (χ2v) is 9.36. The van der Waals surface area contributed by atoms with Crippen LogP contribution in [0.1, 0.15) is 39.5 Å². The molecule has 4 aliphatic rings. The number of alkyl halides is 1. The molecule has 0 spiro atoms. The average Bonchev–Trinajstić information content (AvgIpc) is 2.84. The Morgan fingerprint density at radius 2 is 2.04 bits per heavy atom. The molecule has 0 aliphatic heterocycles. The van der Waals surface area contributed by atoms with Crippen LogP contribution in [0.5, 0.6) is 0 Å². The molecule has 152 valence electrons. The first-order valence-electron chi connectivity index (χ1n) is 9.83. The molecule has 0 bridgehead atoms. The van der Waals surface area contributed by atoms with Crippen molar-refractivity contribution in [2.24, 2.45) is 22.7 Å². The van der Waals surface area contributed by atoms with Gasteiger partial charge < -0.3 is 15.3 Å². The van der Waals surface area contributed by atoms with Crippen LogP contribution in [0.3, 0.4) is 0 Å². The lowest BCUT2D eigenvalue weighted by molar-refractivity contribution is -0.215. The molecule has 3 saturated carbocycles. The van der Waals surface area contributed by atoms with Crippen LogP contribution in [0.2, 0.25) is 0 Å². The van der Waals surface area contributed by atoms with E-state index in [0.717, 1.165) is 0 Å². The normalized spacial score (nSPS) is 49.9. The number of hydrogen-bond acceptors (Lipinski definition) is 5. The largest absolute Gasteiger partial charge is 0.390 e. The van der Waals surface area contributed by atoms with E-state index in [1.807, 2.05) is 0 Å². The van der Waals surface area contributed by atoms with Crippen LogP contribution in [0, 0.1) is 22.7 Å². The molecule has 1 unspecified atom stereocenters. The highest BCUT2D eigenvalue weighted by molar-refractivity contribution is 6.01. The molecule has 28 heavy (non-hydrogen) atoms. The molecule has 0 aromatic carbocycles. The summed E-state index contributed by atoms with van der Waals surface area (Å²) in [5.74, 6) is -1.95. The third-order valence-electron chi connectivity index (χ3n) is 8.38. The molecule has 3 N–H and O–H groups in total. The molecule has 4 rings (SSSR count). The van der Waals surface area contributed by atoms with E-state index in [2.05, 4.69) is 6.58 Å². The molecule has 3 fully saturated rings. The lowest BCUT2D eigenvalue weighted by Crippen LogP contribution is -2.69. The maximum absolute atomic E-state index is 16.8. The topological polar surface area (TPSA) is 94.8 Å². The fraction of sp³-hybridized carbons (Fsp3) is 0.636. The van der Waals surface area contributed by atoms with Crippen LogP contribution < -0.4 is 0 Å². The summed E-state index contributed by atoms with van der Waals surface area (Å²) >= 11 is 0. The number of aliphatic hydroxyl groups excluding tert-OH is 2. The van der Waals surface area contributed by atoms with Gasteiger partial charge in [0.1, 0.15) is 6.61 Å². The predicted octanol–water partition coefficient (Wildman–Crippen LogP) is 1.82. The van der Waals surface area contributed by atoms with Crippen LogP contribution >= 0.6 is 0 Å². The first-order valence-corrected chi connectivity index (χ1v) is 9.83. The average molecular weight is 390 g/mol. The summed E-state index contributed by atoms with van der Waals surface area (Å²) in [5, 5.41) is 31.8. The fourth-order valence-electron chi connectivity index (χ4n) is 6.80. The Morgan fingerprint density at radius 3 is 2.68 bits per heavy atom. The zero-order valence-corrected chi connectivity index (χ0v) is 16.2. The Hall–Kier alpha value is -1.63. The highest BCUT2D eigenvalue weighted by Crippen LogP contribution is 2.70. The lowest BCUT2D eigenvalue weighted by Gasteiger charge is -2.62. The summed E-state index contributed by atoms with van der Waals surface area (Å²) in [4.78, 5) is 24.3. The summed E-state index contributed by atoms with van der Waals surface area (Å²) in [7, 11) is 0. The minimum absolute atomic E-state index is 0.128. The molecule has 0 saturated heterocycles. The Balaban J connectivity index is 1.85. The molecular formula is C22H27FO5. The molecular weight excluding hydrogens is 363 g/mol. The molecule has 6 heteroatoms. The molecule has 0 radical (unpaired) electrons. The molecule has 0 aromatic rings. The molecule has 4 aliphatic carbocycles. The maximum atomic E-state index is 16.8. The third kappa shape index (κ3) is 1.96. The maximum Gasteiger partial charge on any atom is 0.194 e. The van der Waals surface area contributed by atoms with E-state index in [0.29, 0.717) is 18.4 Å². The van der Waals surface area contributed by atoms with Gasteiger partial charge in [-0.1, -0.05) is 25.2 Å². The monoisotopic (exact) mass is 390 g/mol. The molecule has 0 amide bonds. The van der Waals surface area contributed by atoms with Gasteiger partial charge in [0.05, 0.1) is 6.10 Å². The zero-order valence-electron chi connectivity index (χ0n) is 16.2. The Kier molecular flexibility index (Phi) is 4.01. The highest BCUT2D eigenvalue weighted by atomic mass is 19.1. The van der Waals surface area contributed by atoms with Crippen molar-refractivity contribution in [2.45, 2.75) is 56.9 Å². The number of carbonyl (C=O) groups is 2. The molecule has 5 nitrogen and oxygen atoms in total. The Labute approximate surface area is 163 Å². The van der Waals surface area contributed by atoms with Crippen molar-refractivity contribution in [1.82, 2.24) is 0 Å². The van der Waals surface area contributed by atoms with Crippen molar-refractivity contribution >= 4 is 11.6 Å². The smallest absolute Gasteiger partial charge is 0.194 e. The first kappa shape index (κ1) is 19.7. The number of ketones is 2. The summed E-state index contributed by atoms with van der Waals surface area (Å²) in [5.41, 5.74) is -5.28. The van der Waals surface area contributed by atoms with Crippen molar-refractivity contribution in [2.75, 3.05) is 6.61 Å². The van der Waals surface area contributed by atoms with Gasteiger partial charge in [-0.3, -0.25) is 9.59 Å². The van der Waals surface area contributed by atoms with Crippen molar-refractivity contribution < 1.29 is 29.3 Å². The van der Waals surface area contributed by atoms with Crippen molar-refractivity contribution in [3.05, 3.63) is 36.0 Å². The highest BCUT2D eigenvalue weighted by Gasteiger charge is 2.74. The molecule has 7 atom stereocenters. The molecule has 0 aromatic heterocycles. The van der Waals surface area contributed by atoms with Crippen LogP contribution in [0.4, 0.5) is 4.39 Å².